The zero-order valence-electron chi connectivity index (χ0n) is 36.8. The fourth-order valence-electron chi connectivity index (χ4n) is 9.73. The predicted molar refractivity (Wildman–Crippen MR) is 256 cm³/mol. The highest BCUT2D eigenvalue weighted by Crippen LogP contribution is 2.53. The molecule has 0 saturated heterocycles. The van der Waals surface area contributed by atoms with E-state index in [2.05, 4.69) is 188 Å². The lowest BCUT2D eigenvalue weighted by Crippen LogP contribution is -2.18. The van der Waals surface area contributed by atoms with E-state index in [0.29, 0.717) is 17.2 Å². The van der Waals surface area contributed by atoms with Crippen LogP contribution in [0.2, 0.25) is 0 Å². The van der Waals surface area contributed by atoms with Gasteiger partial charge in [0.05, 0.1) is 5.56 Å². The van der Waals surface area contributed by atoms with Crippen LogP contribution in [0.25, 0.3) is 39.5 Å². The summed E-state index contributed by atoms with van der Waals surface area (Å²) in [6, 6.07) is 52.2. The molecule has 0 saturated carbocycles. The van der Waals surface area contributed by atoms with Crippen molar-refractivity contribution in [3.63, 3.8) is 0 Å². The van der Waals surface area contributed by atoms with Crippen LogP contribution in [-0.2, 0) is 17.3 Å². The molecule has 2 aliphatic carbocycles. The third-order valence-electron chi connectivity index (χ3n) is 13.2. The molecule has 0 bridgehead atoms. The molecule has 0 spiro atoms. The number of rotatable bonds is 10. The van der Waals surface area contributed by atoms with Gasteiger partial charge in [0.15, 0.2) is 0 Å². The molecular formula is C58H55NO2. The number of hydrogen-bond acceptors (Lipinski definition) is 3. The molecular weight excluding hydrogens is 743 g/mol. The van der Waals surface area contributed by atoms with Gasteiger partial charge < -0.3 is 9.64 Å². The minimum absolute atomic E-state index is 0.150. The van der Waals surface area contributed by atoms with E-state index in [0.717, 1.165) is 41.0 Å². The molecule has 3 heteroatoms. The van der Waals surface area contributed by atoms with E-state index in [1.54, 1.807) is 0 Å². The molecule has 7 aromatic rings. The van der Waals surface area contributed by atoms with Crippen molar-refractivity contribution in [1.82, 2.24) is 0 Å². The molecule has 0 aromatic heterocycles. The topological polar surface area (TPSA) is 29.5 Å². The first-order chi connectivity index (χ1) is 29.4. The van der Waals surface area contributed by atoms with Crippen molar-refractivity contribution in [2.45, 2.75) is 85.0 Å². The Balaban J connectivity index is 1.08. The van der Waals surface area contributed by atoms with Crippen molar-refractivity contribution < 1.29 is 9.53 Å². The SMILES string of the molecule is CCC=Cc1cc(-c2cc(C(C)C)ccc2CC)ccc1OC(=O)c1ccc(N(c2ccc3c(c2)C(C)(C)c2ccccc2-3)c2ccc3c(c2)C(C)(C)c2ccccc2-3)cc1. The van der Waals surface area contributed by atoms with Crippen LogP contribution in [-0.4, -0.2) is 5.97 Å². The van der Waals surface area contributed by atoms with Crippen molar-refractivity contribution in [3.8, 4) is 39.1 Å². The van der Waals surface area contributed by atoms with Crippen LogP contribution in [0.5, 0.6) is 5.75 Å². The van der Waals surface area contributed by atoms with Gasteiger partial charge in [0, 0.05) is 33.5 Å². The molecule has 2 aliphatic rings. The monoisotopic (exact) mass is 797 g/mol. The van der Waals surface area contributed by atoms with Gasteiger partial charge in [-0.05, 0) is 146 Å². The van der Waals surface area contributed by atoms with Gasteiger partial charge in [-0.25, -0.2) is 4.79 Å². The van der Waals surface area contributed by atoms with Gasteiger partial charge in [0.2, 0.25) is 0 Å². The minimum atomic E-state index is -0.387. The Labute approximate surface area is 362 Å². The first kappa shape index (κ1) is 40.0. The van der Waals surface area contributed by atoms with E-state index in [-0.39, 0.29) is 16.8 Å². The number of nitrogens with zero attached hydrogens (tertiary/aromatic N) is 1. The Morgan fingerprint density at radius 2 is 1.15 bits per heavy atom. The smallest absolute Gasteiger partial charge is 0.343 e. The molecule has 0 heterocycles. The maximum atomic E-state index is 14.0. The van der Waals surface area contributed by atoms with Crippen LogP contribution in [0, 0.1) is 0 Å². The molecule has 0 aliphatic heterocycles. The van der Waals surface area contributed by atoms with Gasteiger partial charge in [-0.15, -0.1) is 0 Å². The fraction of sp³-hybridized carbons (Fsp3) is 0.224. The second-order valence-corrected chi connectivity index (χ2v) is 18.1. The summed E-state index contributed by atoms with van der Waals surface area (Å²) in [5, 5.41) is 0. The Morgan fingerprint density at radius 3 is 1.70 bits per heavy atom. The number of allylic oxidation sites excluding steroid dienone is 1. The van der Waals surface area contributed by atoms with Crippen LogP contribution in [0.1, 0.15) is 117 Å². The lowest BCUT2D eigenvalue weighted by Gasteiger charge is -2.29. The summed E-state index contributed by atoms with van der Waals surface area (Å²) in [7, 11) is 0. The molecule has 0 amide bonds. The summed E-state index contributed by atoms with van der Waals surface area (Å²) in [5.74, 6) is 0.590. The molecule has 3 nitrogen and oxygen atoms in total. The molecule has 0 fully saturated rings. The molecule has 9 rings (SSSR count). The molecule has 7 aromatic carbocycles. The predicted octanol–water partition coefficient (Wildman–Crippen LogP) is 15.8. The summed E-state index contributed by atoms with van der Waals surface area (Å²) < 4.78 is 6.21. The molecule has 304 valence electrons. The number of aryl methyl sites for hydroxylation is 1. The molecule has 61 heavy (non-hydrogen) atoms. The zero-order chi connectivity index (χ0) is 42.6. The third-order valence-corrected chi connectivity index (χ3v) is 13.2. The van der Waals surface area contributed by atoms with E-state index >= 15 is 0 Å². The lowest BCUT2D eigenvalue weighted by molar-refractivity contribution is 0.0734. The number of anilines is 3. The molecule has 0 N–H and O–H groups in total. The average molecular weight is 798 g/mol. The highest BCUT2D eigenvalue weighted by atomic mass is 16.5. The van der Waals surface area contributed by atoms with E-state index in [9.17, 15) is 4.79 Å². The normalized spacial score (nSPS) is 14.1. The van der Waals surface area contributed by atoms with Crippen molar-refractivity contribution in [2.75, 3.05) is 4.90 Å². The number of ether oxygens (including phenoxy) is 1. The molecule has 0 atom stereocenters. The van der Waals surface area contributed by atoms with Gasteiger partial charge >= 0.3 is 5.97 Å². The van der Waals surface area contributed by atoms with Crippen LogP contribution in [0.15, 0.2) is 152 Å². The average Bonchev–Trinajstić information content (AvgIpc) is 3.65. The van der Waals surface area contributed by atoms with Gasteiger partial charge in [-0.1, -0.05) is 152 Å². The summed E-state index contributed by atoms with van der Waals surface area (Å²) in [6.45, 7) is 18.1. The highest BCUT2D eigenvalue weighted by molar-refractivity contribution is 5.93. The second kappa shape index (κ2) is 15.5. The summed E-state index contributed by atoms with van der Waals surface area (Å²) >= 11 is 0. The van der Waals surface area contributed by atoms with Gasteiger partial charge in [-0.2, -0.15) is 0 Å². The Bertz CT molecular complexity index is 2750. The largest absolute Gasteiger partial charge is 0.422 e. The maximum Gasteiger partial charge on any atom is 0.343 e. The van der Waals surface area contributed by atoms with Crippen molar-refractivity contribution in [2.24, 2.45) is 0 Å². The number of fused-ring (bicyclic) bond motifs is 6. The number of carbonyl (C=O) groups excluding carboxylic acids is 1. The Kier molecular flexibility index (Phi) is 10.2. The van der Waals surface area contributed by atoms with E-state index in [1.165, 1.54) is 61.2 Å². The number of benzene rings is 7. The summed E-state index contributed by atoms with van der Waals surface area (Å²) in [5.41, 5.74) is 19.6. The van der Waals surface area contributed by atoms with Crippen LogP contribution in [0.4, 0.5) is 17.1 Å². The zero-order valence-corrected chi connectivity index (χ0v) is 36.8. The summed E-state index contributed by atoms with van der Waals surface area (Å²) in [4.78, 5) is 16.3. The van der Waals surface area contributed by atoms with Gasteiger partial charge in [0.1, 0.15) is 5.75 Å². The first-order valence-electron chi connectivity index (χ1n) is 22.0. The number of esters is 1. The molecule has 0 unspecified atom stereocenters. The maximum absolute atomic E-state index is 14.0. The van der Waals surface area contributed by atoms with E-state index < -0.39 is 0 Å². The van der Waals surface area contributed by atoms with Crippen LogP contribution in [0.3, 0.4) is 0 Å². The lowest BCUT2D eigenvalue weighted by atomic mass is 9.82. The minimum Gasteiger partial charge on any atom is -0.422 e. The quantitative estimate of drug-likeness (QED) is 0.102. The fourth-order valence-corrected chi connectivity index (χ4v) is 9.73. The van der Waals surface area contributed by atoms with Crippen molar-refractivity contribution >= 4 is 29.1 Å². The third kappa shape index (κ3) is 6.91. The van der Waals surface area contributed by atoms with Gasteiger partial charge in [-0.3, -0.25) is 0 Å². The Morgan fingerprint density at radius 1 is 0.590 bits per heavy atom. The van der Waals surface area contributed by atoms with Crippen LogP contribution < -0.4 is 9.64 Å². The Hall–Kier alpha value is -6.45. The van der Waals surface area contributed by atoms with Crippen LogP contribution >= 0.6 is 0 Å². The highest BCUT2D eigenvalue weighted by Gasteiger charge is 2.37. The van der Waals surface area contributed by atoms with Gasteiger partial charge in [0.25, 0.3) is 0 Å². The van der Waals surface area contributed by atoms with Crippen molar-refractivity contribution in [3.05, 3.63) is 196 Å². The van der Waals surface area contributed by atoms with E-state index in [1.807, 2.05) is 30.3 Å². The number of hydrogen-bond donors (Lipinski definition) is 0. The van der Waals surface area contributed by atoms with E-state index in [4.69, 9.17) is 4.74 Å². The molecule has 0 radical (unpaired) electrons. The first-order valence-corrected chi connectivity index (χ1v) is 22.0. The second-order valence-electron chi connectivity index (χ2n) is 18.1. The summed E-state index contributed by atoms with van der Waals surface area (Å²) in [6.07, 6.45) is 6.00. The number of carbonyl (C=O) groups is 1. The van der Waals surface area contributed by atoms with Crippen molar-refractivity contribution in [1.29, 1.82) is 0 Å². The standard InChI is InChI=1S/C58H55NO2/c1-9-11-16-42-33-41(50-34-40(37(3)4)22-21-38(50)10-2)25-32-55(42)61-56(60)39-23-26-43(27-24-39)59(44-28-30-48-46-17-12-14-19-51(46)57(5,6)53(48)35-44)45-29-31-49-47-18-13-15-20-52(47)58(7,8)54(49)36-45/h11-37H,9-10H2,1-8H3.